The lowest BCUT2D eigenvalue weighted by atomic mass is 10.1. The maximum atomic E-state index is 12.3. The van der Waals surface area contributed by atoms with E-state index in [9.17, 15) is 4.79 Å². The zero-order chi connectivity index (χ0) is 20.7. The molecule has 1 fully saturated rings. The number of nitrogens with one attached hydrogen (secondary N) is 2. The number of nitrogens with zero attached hydrogens (tertiary/aromatic N) is 4. The van der Waals surface area contributed by atoms with Crippen LogP contribution in [0.4, 0.5) is 5.82 Å². The normalized spacial score (nSPS) is 16.5. The van der Waals surface area contributed by atoms with Crippen molar-refractivity contribution in [2.75, 3.05) is 19.0 Å². The van der Waals surface area contributed by atoms with E-state index in [1.54, 1.807) is 7.11 Å². The van der Waals surface area contributed by atoms with Gasteiger partial charge < -0.3 is 15.4 Å². The van der Waals surface area contributed by atoms with Gasteiger partial charge in [0, 0.05) is 35.9 Å². The summed E-state index contributed by atoms with van der Waals surface area (Å²) < 4.78 is 7.13. The number of methoxy groups -OCH3 is 1. The van der Waals surface area contributed by atoms with Gasteiger partial charge >= 0.3 is 0 Å². The quantitative estimate of drug-likeness (QED) is 0.656. The standard InChI is InChI=1S/C22H24N6O2/c1-13(15-11-24-28(12-15)16-4-3-5-17(10-16)30-2)25-21-18-8-9-23-22(29)19(18)26-20(27-21)14-6-7-14/h3-5,10-14H,6-9H2,1-2H3,(H,23,29)(H,25,26,27). The Morgan fingerprint density at radius 2 is 2.17 bits per heavy atom. The fourth-order valence-electron chi connectivity index (χ4n) is 3.70. The molecule has 3 aromatic rings. The molecule has 8 heteroatoms. The second kappa shape index (κ2) is 7.44. The van der Waals surface area contributed by atoms with Crippen molar-refractivity contribution >= 4 is 11.7 Å². The maximum Gasteiger partial charge on any atom is 0.270 e. The molecule has 1 amide bonds. The van der Waals surface area contributed by atoms with E-state index in [4.69, 9.17) is 9.72 Å². The second-order valence-electron chi connectivity index (χ2n) is 7.82. The van der Waals surface area contributed by atoms with E-state index < -0.39 is 0 Å². The number of fused-ring (bicyclic) bond motifs is 1. The predicted molar refractivity (Wildman–Crippen MR) is 112 cm³/mol. The summed E-state index contributed by atoms with van der Waals surface area (Å²) in [6.45, 7) is 2.68. The predicted octanol–water partition coefficient (Wildman–Crippen LogP) is 3.01. The molecular weight excluding hydrogens is 380 g/mol. The van der Waals surface area contributed by atoms with Crippen LogP contribution in [0, 0.1) is 0 Å². The van der Waals surface area contributed by atoms with Crippen LogP contribution in [0.1, 0.15) is 59.2 Å². The molecule has 1 aromatic carbocycles. The van der Waals surface area contributed by atoms with Gasteiger partial charge in [0.15, 0.2) is 0 Å². The van der Waals surface area contributed by atoms with Crippen LogP contribution in [0.5, 0.6) is 5.75 Å². The number of rotatable bonds is 6. The van der Waals surface area contributed by atoms with Crippen LogP contribution in [0.25, 0.3) is 5.69 Å². The van der Waals surface area contributed by atoms with Gasteiger partial charge in [-0.2, -0.15) is 5.10 Å². The minimum absolute atomic E-state index is 0.0274. The van der Waals surface area contributed by atoms with E-state index in [0.29, 0.717) is 18.2 Å². The number of ether oxygens (including phenoxy) is 1. The average molecular weight is 404 g/mol. The highest BCUT2D eigenvalue weighted by atomic mass is 16.5. The first-order valence-electron chi connectivity index (χ1n) is 10.3. The van der Waals surface area contributed by atoms with Crippen molar-refractivity contribution in [1.29, 1.82) is 0 Å². The molecule has 2 N–H and O–H groups in total. The summed E-state index contributed by atoms with van der Waals surface area (Å²) in [5.41, 5.74) is 3.37. The number of benzene rings is 1. The summed E-state index contributed by atoms with van der Waals surface area (Å²) in [4.78, 5) is 21.7. The van der Waals surface area contributed by atoms with Crippen LogP contribution in [0.2, 0.25) is 0 Å². The van der Waals surface area contributed by atoms with Gasteiger partial charge in [-0.05, 0) is 38.3 Å². The highest BCUT2D eigenvalue weighted by Gasteiger charge is 2.31. The molecule has 154 valence electrons. The summed E-state index contributed by atoms with van der Waals surface area (Å²) in [5.74, 6) is 2.58. The molecular formula is C22H24N6O2. The van der Waals surface area contributed by atoms with Crippen LogP contribution in [0.15, 0.2) is 36.7 Å². The first-order chi connectivity index (χ1) is 14.6. The van der Waals surface area contributed by atoms with Crippen molar-refractivity contribution in [2.24, 2.45) is 0 Å². The average Bonchev–Trinajstić information content (AvgIpc) is 3.50. The van der Waals surface area contributed by atoms with Gasteiger partial charge in [0.2, 0.25) is 0 Å². The molecule has 2 aliphatic rings. The Kier molecular flexibility index (Phi) is 4.61. The smallest absolute Gasteiger partial charge is 0.270 e. The van der Waals surface area contributed by atoms with Gasteiger partial charge in [0.25, 0.3) is 5.91 Å². The molecule has 5 rings (SSSR count). The van der Waals surface area contributed by atoms with E-state index in [0.717, 1.165) is 53.5 Å². The summed E-state index contributed by atoms with van der Waals surface area (Å²) in [5, 5.41) is 10.9. The van der Waals surface area contributed by atoms with Gasteiger partial charge in [-0.25, -0.2) is 14.6 Å². The largest absolute Gasteiger partial charge is 0.497 e. The van der Waals surface area contributed by atoms with Crippen LogP contribution in [0.3, 0.4) is 0 Å². The lowest BCUT2D eigenvalue weighted by molar-refractivity contribution is 0.0940. The third-order valence-corrected chi connectivity index (χ3v) is 5.62. The first-order valence-corrected chi connectivity index (χ1v) is 10.3. The first kappa shape index (κ1) is 18.6. The van der Waals surface area contributed by atoms with Crippen molar-refractivity contribution in [3.8, 4) is 11.4 Å². The van der Waals surface area contributed by atoms with Crippen molar-refractivity contribution in [1.82, 2.24) is 25.1 Å². The Morgan fingerprint density at radius 3 is 2.97 bits per heavy atom. The maximum absolute atomic E-state index is 12.3. The van der Waals surface area contributed by atoms with Gasteiger partial charge in [0.05, 0.1) is 25.0 Å². The van der Waals surface area contributed by atoms with Gasteiger partial charge in [0.1, 0.15) is 23.1 Å². The third-order valence-electron chi connectivity index (χ3n) is 5.62. The Balaban J connectivity index is 1.42. The SMILES string of the molecule is COc1cccc(-n2cc(C(C)Nc3nc(C4CC4)nc4c3CCNC4=O)cn2)c1. The zero-order valence-electron chi connectivity index (χ0n) is 17.1. The number of hydrogen-bond acceptors (Lipinski definition) is 6. The lowest BCUT2D eigenvalue weighted by Gasteiger charge is -2.22. The molecule has 3 heterocycles. The van der Waals surface area contributed by atoms with Gasteiger partial charge in [-0.1, -0.05) is 6.07 Å². The number of carbonyl (C=O) groups excluding carboxylic acids is 1. The van der Waals surface area contributed by atoms with E-state index in [-0.39, 0.29) is 11.9 Å². The highest BCUT2D eigenvalue weighted by molar-refractivity contribution is 5.96. The van der Waals surface area contributed by atoms with Gasteiger partial charge in [-0.3, -0.25) is 4.79 Å². The van der Waals surface area contributed by atoms with Crippen molar-refractivity contribution < 1.29 is 9.53 Å². The van der Waals surface area contributed by atoms with Crippen LogP contribution in [-0.2, 0) is 6.42 Å². The van der Waals surface area contributed by atoms with E-state index in [2.05, 4.69) is 27.6 Å². The molecule has 2 aromatic heterocycles. The molecule has 0 spiro atoms. The molecule has 0 saturated heterocycles. The van der Waals surface area contributed by atoms with Crippen LogP contribution in [-0.4, -0.2) is 39.3 Å². The van der Waals surface area contributed by atoms with Crippen molar-refractivity contribution in [2.45, 2.75) is 38.1 Å². The molecule has 0 bridgehead atoms. The molecule has 1 atom stereocenters. The summed E-state index contributed by atoms with van der Waals surface area (Å²) in [7, 11) is 1.65. The number of carbonyl (C=O) groups is 1. The fraction of sp³-hybridized carbons (Fsp3) is 0.364. The number of anilines is 1. The lowest BCUT2D eigenvalue weighted by Crippen LogP contribution is -2.34. The molecule has 30 heavy (non-hydrogen) atoms. The fourth-order valence-corrected chi connectivity index (χ4v) is 3.70. The topological polar surface area (TPSA) is 94.0 Å². The molecule has 0 radical (unpaired) electrons. The Hall–Kier alpha value is -3.42. The summed E-state index contributed by atoms with van der Waals surface area (Å²) in [6.07, 6.45) is 6.74. The van der Waals surface area contributed by atoms with E-state index >= 15 is 0 Å². The highest BCUT2D eigenvalue weighted by Crippen LogP contribution is 2.39. The van der Waals surface area contributed by atoms with E-state index in [1.807, 2.05) is 41.3 Å². The zero-order valence-corrected chi connectivity index (χ0v) is 17.1. The Bertz CT molecular complexity index is 1100. The van der Waals surface area contributed by atoms with Crippen molar-refractivity contribution in [3.05, 3.63) is 59.3 Å². The number of aromatic nitrogens is 4. The Labute approximate surface area is 174 Å². The molecule has 8 nitrogen and oxygen atoms in total. The minimum Gasteiger partial charge on any atom is -0.497 e. The Morgan fingerprint density at radius 1 is 1.30 bits per heavy atom. The number of hydrogen-bond donors (Lipinski definition) is 2. The minimum atomic E-state index is -0.109. The number of amides is 1. The van der Waals surface area contributed by atoms with E-state index in [1.165, 1.54) is 0 Å². The summed E-state index contributed by atoms with van der Waals surface area (Å²) in [6, 6.07) is 7.74. The van der Waals surface area contributed by atoms with Gasteiger partial charge in [-0.15, -0.1) is 0 Å². The van der Waals surface area contributed by atoms with Crippen molar-refractivity contribution in [3.63, 3.8) is 0 Å². The summed E-state index contributed by atoms with van der Waals surface area (Å²) >= 11 is 0. The van der Waals surface area contributed by atoms with Crippen LogP contribution < -0.4 is 15.4 Å². The molecule has 1 unspecified atom stereocenters. The molecule has 1 aliphatic carbocycles. The third kappa shape index (κ3) is 3.49. The van der Waals surface area contributed by atoms with Crippen LogP contribution >= 0.6 is 0 Å². The second-order valence-corrected chi connectivity index (χ2v) is 7.82. The monoisotopic (exact) mass is 404 g/mol. The molecule has 1 saturated carbocycles. The molecule has 1 aliphatic heterocycles.